The van der Waals surface area contributed by atoms with Crippen molar-refractivity contribution in [3.8, 4) is 0 Å². The Morgan fingerprint density at radius 2 is 1.47 bits per heavy atom. The molecule has 0 aromatic heterocycles. The van der Waals surface area contributed by atoms with Gasteiger partial charge in [-0.3, -0.25) is 0 Å². The Morgan fingerprint density at radius 3 is 2.18 bits per heavy atom. The van der Waals surface area contributed by atoms with Gasteiger partial charge < -0.3 is 0 Å². The van der Waals surface area contributed by atoms with Gasteiger partial charge in [0, 0.05) is 48.2 Å². The highest BCUT2D eigenvalue weighted by Crippen LogP contribution is 1.99. The van der Waals surface area contributed by atoms with Crippen LogP contribution < -0.4 is 0 Å². The van der Waals surface area contributed by atoms with Crippen LogP contribution in [0.2, 0.25) is 12.5 Å². The fourth-order valence-electron chi connectivity index (χ4n) is 2.29. The number of hydrogen-bond donors (Lipinski definition) is 0. The van der Waals surface area contributed by atoms with Crippen LogP contribution in [-0.4, -0.2) is 77.5 Å². The summed E-state index contributed by atoms with van der Waals surface area (Å²) in [4.78, 5) is 0. The highest BCUT2D eigenvalue weighted by atomic mass is 35.5. The maximum atomic E-state index is 5.64. The molecule has 11 heteroatoms. The van der Waals surface area contributed by atoms with E-state index in [1.54, 1.807) is 0 Å². The number of alkyl halides is 1. The van der Waals surface area contributed by atoms with Crippen molar-refractivity contribution in [2.45, 2.75) is 31.8 Å². The Morgan fingerprint density at radius 1 is 0.765 bits per heavy atom. The summed E-state index contributed by atoms with van der Waals surface area (Å²) in [5.74, 6) is 0.845. The van der Waals surface area contributed by atoms with Crippen molar-refractivity contribution >= 4 is 83.2 Å². The maximum Gasteiger partial charge on any atom is 0.0776 e. The molecular formula is C6H23B10Cl. The van der Waals surface area contributed by atoms with E-state index in [1.165, 1.54) is 95.7 Å². The van der Waals surface area contributed by atoms with Crippen LogP contribution in [0.5, 0.6) is 0 Å². The molecule has 0 aromatic carbocycles. The lowest BCUT2D eigenvalue weighted by Crippen LogP contribution is -2.26. The van der Waals surface area contributed by atoms with Crippen LogP contribution in [-0.2, 0) is 0 Å². The number of hydrogen-bond acceptors (Lipinski definition) is 0. The molecule has 0 N–H and O–H groups in total. The molecule has 0 aliphatic rings. The van der Waals surface area contributed by atoms with Gasteiger partial charge >= 0.3 is 0 Å². The van der Waals surface area contributed by atoms with E-state index in [1.807, 2.05) is 0 Å². The quantitative estimate of drug-likeness (QED) is 0.165. The zero-order chi connectivity index (χ0) is 12.6. The third-order valence-corrected chi connectivity index (χ3v) is 3.75. The topological polar surface area (TPSA) is 0 Å². The van der Waals surface area contributed by atoms with E-state index < -0.39 is 0 Å². The smallest absolute Gasteiger partial charge is 0.0776 e. The molecule has 0 amide bonds. The molecule has 0 fully saturated rings. The predicted molar refractivity (Wildman–Crippen MR) is 107 cm³/mol. The molecule has 0 rings (SSSR count). The zero-order valence-electron chi connectivity index (χ0n) is 12.0. The van der Waals surface area contributed by atoms with Gasteiger partial charge in [-0.25, -0.2) is 0 Å². The van der Waals surface area contributed by atoms with E-state index >= 15 is 0 Å². The van der Waals surface area contributed by atoms with Crippen LogP contribution in [0.25, 0.3) is 0 Å². The number of unbranched alkanes of at least 4 members (excludes halogenated alkanes) is 2. The SMILES string of the molecule is BBBBBCBBBBBCCCCCCl. The molecular weight excluding hydrogens is 216 g/mol. The molecule has 0 saturated carbocycles. The molecule has 17 heavy (non-hydrogen) atoms. The Kier molecular flexibility index (Phi) is 17.9. The lowest BCUT2D eigenvalue weighted by molar-refractivity contribution is 0.774. The van der Waals surface area contributed by atoms with E-state index in [4.69, 9.17) is 11.6 Å². The summed E-state index contributed by atoms with van der Waals surface area (Å²) in [6, 6.07) is 0. The summed E-state index contributed by atoms with van der Waals surface area (Å²) in [7, 11) is 15.3. The number of halogens is 1. The second-order valence-corrected chi connectivity index (χ2v) is 5.66. The van der Waals surface area contributed by atoms with E-state index in [-0.39, 0.29) is 0 Å². The predicted octanol–water partition coefficient (Wildman–Crippen LogP) is -3.93. The molecule has 0 bridgehead atoms. The molecule has 0 spiro atoms. The second-order valence-electron chi connectivity index (χ2n) is 5.29. The van der Waals surface area contributed by atoms with Crippen LogP contribution in [0.1, 0.15) is 19.3 Å². The minimum Gasteiger partial charge on any atom is -0.127 e. The minimum atomic E-state index is 0.845. The van der Waals surface area contributed by atoms with Crippen molar-refractivity contribution in [2.24, 2.45) is 0 Å². The van der Waals surface area contributed by atoms with Crippen LogP contribution >= 0.6 is 11.6 Å². The molecule has 0 nitrogen and oxygen atoms in total. The van der Waals surface area contributed by atoms with E-state index in [0.29, 0.717) is 0 Å². The summed E-state index contributed by atoms with van der Waals surface area (Å²) in [5.41, 5.74) is 0. The van der Waals surface area contributed by atoms with Gasteiger partial charge in [-0.05, 0) is 6.42 Å². The first-order chi connectivity index (χ1) is 8.41. The lowest BCUT2D eigenvalue weighted by atomic mass is 8.97. The molecule has 0 heterocycles. The van der Waals surface area contributed by atoms with Crippen molar-refractivity contribution < 1.29 is 0 Å². The maximum absolute atomic E-state index is 5.64. The monoisotopic (exact) mass is 240 g/mol. The highest BCUT2D eigenvalue weighted by molar-refractivity contribution is 7.55. The van der Waals surface area contributed by atoms with E-state index in [0.717, 1.165) is 5.88 Å². The molecule has 0 radical (unpaired) electrons. The summed E-state index contributed by atoms with van der Waals surface area (Å²) in [6.45, 7) is 0. The molecule has 0 aliphatic heterocycles. The van der Waals surface area contributed by atoms with Crippen LogP contribution in [0.4, 0.5) is 0 Å². The molecule has 84 valence electrons. The van der Waals surface area contributed by atoms with Crippen molar-refractivity contribution in [3.05, 3.63) is 0 Å². The van der Waals surface area contributed by atoms with Gasteiger partial charge in [-0.1, -0.05) is 19.2 Å². The van der Waals surface area contributed by atoms with Crippen molar-refractivity contribution in [1.29, 1.82) is 0 Å². The van der Waals surface area contributed by atoms with E-state index in [9.17, 15) is 0 Å². The Hall–Kier alpha value is 0.939. The fraction of sp³-hybridized carbons (Fsp3) is 1.00. The first kappa shape index (κ1) is 17.9. The molecule has 0 aromatic rings. The van der Waals surface area contributed by atoms with Gasteiger partial charge in [0.1, 0.15) is 0 Å². The molecule has 0 unspecified atom stereocenters. The Labute approximate surface area is 121 Å². The minimum absolute atomic E-state index is 0.845. The van der Waals surface area contributed by atoms with Crippen molar-refractivity contribution in [3.63, 3.8) is 0 Å². The summed E-state index contributed by atoms with van der Waals surface area (Å²) in [5, 5.41) is 0. The molecule has 0 aliphatic carbocycles. The summed E-state index contributed by atoms with van der Waals surface area (Å²) < 4.78 is 0. The van der Waals surface area contributed by atoms with Gasteiger partial charge in [0.15, 0.2) is 0 Å². The van der Waals surface area contributed by atoms with Crippen LogP contribution in [0.3, 0.4) is 0 Å². The first-order valence-corrected chi connectivity index (χ1v) is 8.51. The van der Waals surface area contributed by atoms with Gasteiger partial charge in [0.05, 0.1) is 29.2 Å². The molecule has 0 atom stereocenters. The van der Waals surface area contributed by atoms with Crippen molar-refractivity contribution in [2.75, 3.05) is 5.88 Å². The third-order valence-electron chi connectivity index (χ3n) is 3.49. The van der Waals surface area contributed by atoms with Gasteiger partial charge in [0.2, 0.25) is 0 Å². The zero-order valence-corrected chi connectivity index (χ0v) is 12.7. The van der Waals surface area contributed by atoms with Crippen LogP contribution in [0.15, 0.2) is 0 Å². The summed E-state index contributed by atoms with van der Waals surface area (Å²) >= 11 is 5.64. The average molecular weight is 239 g/mol. The Bertz CT molecular complexity index is 124. The van der Waals surface area contributed by atoms with E-state index in [2.05, 4.69) is 7.74 Å². The standard InChI is InChI=1S/C6H23B10Cl/c7-11-15-13-9-6-10-14-16-12-8-4-2-1-3-5-17/h8-16H,1-7H2. The highest BCUT2D eigenvalue weighted by Gasteiger charge is 2.00. The first-order valence-electron chi connectivity index (χ1n) is 7.97. The lowest BCUT2D eigenvalue weighted by Gasteiger charge is -1.97. The van der Waals surface area contributed by atoms with Gasteiger partial charge in [-0.2, -0.15) is 0 Å². The largest absolute Gasteiger partial charge is 0.127 e. The Balaban J connectivity index is 2.85. The second kappa shape index (κ2) is 16.9. The fourth-order valence-corrected chi connectivity index (χ4v) is 2.48. The van der Waals surface area contributed by atoms with Crippen molar-refractivity contribution in [1.82, 2.24) is 0 Å². The third kappa shape index (κ3) is 16.9. The molecule has 0 saturated heterocycles. The van der Waals surface area contributed by atoms with Gasteiger partial charge in [-0.15, -0.1) is 17.8 Å². The van der Waals surface area contributed by atoms with Gasteiger partial charge in [0.25, 0.3) is 0 Å². The average Bonchev–Trinajstić information content (AvgIpc) is 2.35. The van der Waals surface area contributed by atoms with Crippen LogP contribution in [0, 0.1) is 0 Å². The summed E-state index contributed by atoms with van der Waals surface area (Å²) in [6.07, 6.45) is 6.83. The number of rotatable bonds is 14. The normalized spacial score (nSPS) is 8.76.